The van der Waals surface area contributed by atoms with Crippen molar-refractivity contribution in [1.29, 1.82) is 0 Å². The maximum absolute atomic E-state index is 13.8. The summed E-state index contributed by atoms with van der Waals surface area (Å²) in [5, 5.41) is 0. The van der Waals surface area contributed by atoms with Crippen LogP contribution in [0, 0.1) is 5.82 Å². The summed E-state index contributed by atoms with van der Waals surface area (Å²) in [4.78, 5) is 11.4. The number of carbonyl (C=O) groups is 1. The molecule has 2 N–H and O–H groups in total. The molecule has 1 heterocycles. The maximum Gasteiger partial charge on any atom is 0.338 e. The lowest BCUT2D eigenvalue weighted by Crippen LogP contribution is -2.54. The van der Waals surface area contributed by atoms with Crippen LogP contribution in [0.25, 0.3) is 0 Å². The molecule has 92 valence electrons. The van der Waals surface area contributed by atoms with Gasteiger partial charge in [0, 0.05) is 5.56 Å². The van der Waals surface area contributed by atoms with Crippen molar-refractivity contribution in [2.45, 2.75) is 12.5 Å². The molecule has 1 fully saturated rings. The van der Waals surface area contributed by atoms with Gasteiger partial charge in [-0.05, 0) is 19.1 Å². The minimum atomic E-state index is -0.767. The molecule has 0 unspecified atom stereocenters. The van der Waals surface area contributed by atoms with Gasteiger partial charge in [-0.25, -0.2) is 9.18 Å². The zero-order valence-corrected chi connectivity index (χ0v) is 9.53. The molecule has 4 nitrogen and oxygen atoms in total. The zero-order valence-electron chi connectivity index (χ0n) is 9.53. The van der Waals surface area contributed by atoms with Crippen molar-refractivity contribution < 1.29 is 18.7 Å². The van der Waals surface area contributed by atoms with Crippen molar-refractivity contribution >= 4 is 5.97 Å². The van der Waals surface area contributed by atoms with Gasteiger partial charge in [0.25, 0.3) is 0 Å². The molecule has 0 amide bonds. The van der Waals surface area contributed by atoms with Crippen molar-refractivity contribution in [2.75, 3.05) is 19.8 Å². The third kappa shape index (κ3) is 2.16. The van der Waals surface area contributed by atoms with Crippen LogP contribution in [0.2, 0.25) is 0 Å². The van der Waals surface area contributed by atoms with Gasteiger partial charge in [0.05, 0.1) is 30.9 Å². The van der Waals surface area contributed by atoms with Gasteiger partial charge in [0.15, 0.2) is 0 Å². The molecule has 0 spiro atoms. The standard InChI is InChI=1S/C12H14FNO3/c1-2-17-11(15)8-3-4-9(10(13)5-8)12(14)6-16-7-12/h3-5H,2,6-7,14H2,1H3. The van der Waals surface area contributed by atoms with Crippen LogP contribution in [0.3, 0.4) is 0 Å². The fourth-order valence-corrected chi connectivity index (χ4v) is 1.74. The lowest BCUT2D eigenvalue weighted by atomic mass is 9.88. The topological polar surface area (TPSA) is 61.5 Å². The maximum atomic E-state index is 13.8. The average molecular weight is 239 g/mol. The van der Waals surface area contributed by atoms with E-state index in [1.807, 2.05) is 0 Å². The Bertz CT molecular complexity index is 443. The highest BCUT2D eigenvalue weighted by atomic mass is 19.1. The van der Waals surface area contributed by atoms with E-state index in [1.165, 1.54) is 12.1 Å². The number of hydrogen-bond donors (Lipinski definition) is 1. The molecule has 1 aliphatic heterocycles. The highest BCUT2D eigenvalue weighted by Gasteiger charge is 2.38. The molecule has 5 heteroatoms. The minimum absolute atomic E-state index is 0.192. The van der Waals surface area contributed by atoms with Gasteiger partial charge in [-0.1, -0.05) is 6.07 Å². The molecule has 2 rings (SSSR count). The highest BCUT2D eigenvalue weighted by Crippen LogP contribution is 2.29. The van der Waals surface area contributed by atoms with Crippen molar-refractivity contribution in [3.05, 3.63) is 35.1 Å². The first-order valence-electron chi connectivity index (χ1n) is 5.40. The Labute approximate surface area is 98.5 Å². The number of carbonyl (C=O) groups excluding carboxylic acids is 1. The summed E-state index contributed by atoms with van der Waals surface area (Å²) in [5.41, 5.74) is 5.73. The Balaban J connectivity index is 2.25. The zero-order chi connectivity index (χ0) is 12.5. The Hall–Kier alpha value is -1.46. The Morgan fingerprint density at radius 1 is 1.59 bits per heavy atom. The van der Waals surface area contributed by atoms with Gasteiger partial charge < -0.3 is 15.2 Å². The molecule has 1 aromatic rings. The molecular formula is C12H14FNO3. The van der Waals surface area contributed by atoms with Gasteiger partial charge >= 0.3 is 5.97 Å². The van der Waals surface area contributed by atoms with E-state index in [9.17, 15) is 9.18 Å². The second-order valence-corrected chi connectivity index (χ2v) is 4.06. The predicted octanol–water partition coefficient (Wildman–Crippen LogP) is 1.19. The van der Waals surface area contributed by atoms with Crippen molar-refractivity contribution in [1.82, 2.24) is 0 Å². The van der Waals surface area contributed by atoms with Gasteiger partial charge in [-0.3, -0.25) is 0 Å². The van der Waals surface area contributed by atoms with Crippen LogP contribution in [0.5, 0.6) is 0 Å². The summed E-state index contributed by atoms with van der Waals surface area (Å²) in [6.07, 6.45) is 0. The molecule has 1 aliphatic rings. The fraction of sp³-hybridized carbons (Fsp3) is 0.417. The monoisotopic (exact) mass is 239 g/mol. The first-order chi connectivity index (χ1) is 8.07. The van der Waals surface area contributed by atoms with Crippen LogP contribution in [0.15, 0.2) is 18.2 Å². The van der Waals surface area contributed by atoms with E-state index in [0.29, 0.717) is 18.8 Å². The Morgan fingerprint density at radius 3 is 2.76 bits per heavy atom. The highest BCUT2D eigenvalue weighted by molar-refractivity contribution is 5.89. The number of rotatable bonds is 3. The van der Waals surface area contributed by atoms with E-state index in [2.05, 4.69) is 0 Å². The summed E-state index contributed by atoms with van der Waals surface area (Å²) in [6, 6.07) is 4.19. The van der Waals surface area contributed by atoms with Crippen LogP contribution in [0.1, 0.15) is 22.8 Å². The molecule has 1 saturated heterocycles. The number of halogens is 1. The molecular weight excluding hydrogens is 225 g/mol. The molecule has 0 saturated carbocycles. The van der Waals surface area contributed by atoms with E-state index in [1.54, 1.807) is 6.92 Å². The minimum Gasteiger partial charge on any atom is -0.462 e. The quantitative estimate of drug-likeness (QED) is 0.805. The largest absolute Gasteiger partial charge is 0.462 e. The van der Waals surface area contributed by atoms with E-state index < -0.39 is 17.3 Å². The van der Waals surface area contributed by atoms with E-state index in [-0.39, 0.29) is 12.2 Å². The van der Waals surface area contributed by atoms with Crippen LogP contribution < -0.4 is 5.73 Å². The van der Waals surface area contributed by atoms with Crippen LogP contribution in [-0.2, 0) is 15.0 Å². The third-order valence-electron chi connectivity index (χ3n) is 2.74. The van der Waals surface area contributed by atoms with Crippen molar-refractivity contribution in [3.8, 4) is 0 Å². The average Bonchev–Trinajstić information content (AvgIpc) is 2.26. The molecule has 0 bridgehead atoms. The number of nitrogens with two attached hydrogens (primary N) is 1. The summed E-state index contributed by atoms with van der Waals surface area (Å²) in [6.45, 7) is 2.55. The molecule has 0 aromatic heterocycles. The second kappa shape index (κ2) is 4.43. The first-order valence-corrected chi connectivity index (χ1v) is 5.40. The lowest BCUT2D eigenvalue weighted by molar-refractivity contribution is -0.0585. The van der Waals surface area contributed by atoms with Crippen molar-refractivity contribution in [3.63, 3.8) is 0 Å². The molecule has 1 aromatic carbocycles. The van der Waals surface area contributed by atoms with E-state index in [4.69, 9.17) is 15.2 Å². The fourth-order valence-electron chi connectivity index (χ4n) is 1.74. The number of esters is 1. The molecule has 17 heavy (non-hydrogen) atoms. The van der Waals surface area contributed by atoms with Gasteiger partial charge in [-0.2, -0.15) is 0 Å². The normalized spacial score (nSPS) is 17.4. The molecule has 0 radical (unpaired) electrons. The van der Waals surface area contributed by atoms with Gasteiger partial charge in [-0.15, -0.1) is 0 Å². The second-order valence-electron chi connectivity index (χ2n) is 4.06. The van der Waals surface area contributed by atoms with Crippen molar-refractivity contribution in [2.24, 2.45) is 5.73 Å². The smallest absolute Gasteiger partial charge is 0.338 e. The van der Waals surface area contributed by atoms with Crippen LogP contribution >= 0.6 is 0 Å². The van der Waals surface area contributed by atoms with Crippen LogP contribution in [0.4, 0.5) is 4.39 Å². The van der Waals surface area contributed by atoms with E-state index in [0.717, 1.165) is 6.07 Å². The lowest BCUT2D eigenvalue weighted by Gasteiger charge is -2.38. The Morgan fingerprint density at radius 2 is 2.29 bits per heavy atom. The number of ether oxygens (including phenoxy) is 2. The first kappa shape index (κ1) is 12.0. The number of hydrogen-bond acceptors (Lipinski definition) is 4. The molecule has 0 aliphatic carbocycles. The van der Waals surface area contributed by atoms with Gasteiger partial charge in [0.1, 0.15) is 5.82 Å². The van der Waals surface area contributed by atoms with E-state index >= 15 is 0 Å². The summed E-state index contributed by atoms with van der Waals surface area (Å²) < 4.78 is 23.6. The summed E-state index contributed by atoms with van der Waals surface area (Å²) in [7, 11) is 0. The van der Waals surface area contributed by atoms with Gasteiger partial charge in [0.2, 0.25) is 0 Å². The summed E-state index contributed by atoms with van der Waals surface area (Å²) >= 11 is 0. The Kier molecular flexibility index (Phi) is 3.13. The van der Waals surface area contributed by atoms with Crippen LogP contribution in [-0.4, -0.2) is 25.8 Å². The predicted molar refractivity (Wildman–Crippen MR) is 59.0 cm³/mol. The third-order valence-corrected chi connectivity index (χ3v) is 2.74. The molecule has 0 atom stereocenters. The summed E-state index contributed by atoms with van der Waals surface area (Å²) in [5.74, 6) is -1.03. The number of benzene rings is 1. The SMILES string of the molecule is CCOC(=O)c1ccc(C2(N)COC2)c(F)c1.